The van der Waals surface area contributed by atoms with Crippen molar-refractivity contribution in [2.75, 3.05) is 19.5 Å². The maximum absolute atomic E-state index is 13.2. The maximum Gasteiger partial charge on any atom is 0.349 e. The number of ether oxygens (including phenoxy) is 1. The summed E-state index contributed by atoms with van der Waals surface area (Å²) in [5.41, 5.74) is 0.157. The molecule has 0 aliphatic heterocycles. The Hall–Kier alpha value is -3.60. The van der Waals surface area contributed by atoms with E-state index < -0.39 is 21.4 Å². The van der Waals surface area contributed by atoms with Crippen LogP contribution in [0.15, 0.2) is 79.8 Å². The first-order valence-corrected chi connectivity index (χ1v) is 13.9. The number of sulfone groups is 1. The lowest BCUT2D eigenvalue weighted by Crippen LogP contribution is -2.21. The number of carbonyl (C=O) groups is 1. The number of rotatable bonds is 6. The minimum atomic E-state index is -3.41. The van der Waals surface area contributed by atoms with Crippen molar-refractivity contribution >= 4 is 59.0 Å². The van der Waals surface area contributed by atoms with Crippen molar-refractivity contribution in [3.8, 4) is 0 Å². The molecule has 0 fully saturated rings. The van der Waals surface area contributed by atoms with Crippen LogP contribution in [0.25, 0.3) is 32.0 Å². The third kappa shape index (κ3) is 4.50. The fourth-order valence-electron chi connectivity index (χ4n) is 4.05. The molecule has 3 aromatic carbocycles. The van der Waals surface area contributed by atoms with Gasteiger partial charge in [-0.3, -0.25) is 4.79 Å². The molecule has 5 aromatic rings. The van der Waals surface area contributed by atoms with Gasteiger partial charge in [0.15, 0.2) is 14.6 Å². The van der Waals surface area contributed by atoms with E-state index in [2.05, 4.69) is 4.99 Å². The highest BCUT2D eigenvalue weighted by atomic mass is 32.2. The predicted molar refractivity (Wildman–Crippen MR) is 139 cm³/mol. The van der Waals surface area contributed by atoms with E-state index in [-0.39, 0.29) is 10.5 Å². The summed E-state index contributed by atoms with van der Waals surface area (Å²) < 4.78 is 37.4. The molecule has 0 spiro atoms. The van der Waals surface area contributed by atoms with Crippen LogP contribution in [-0.2, 0) is 21.1 Å². The summed E-state index contributed by atoms with van der Waals surface area (Å²) in [4.78, 5) is 30.7. The van der Waals surface area contributed by atoms with Gasteiger partial charge in [-0.05, 0) is 48.0 Å². The summed E-state index contributed by atoms with van der Waals surface area (Å²) in [6, 6.07) is 17.5. The number of fused-ring (bicyclic) bond motifs is 4. The highest BCUT2D eigenvalue weighted by Gasteiger charge is 2.17. The van der Waals surface area contributed by atoms with Crippen molar-refractivity contribution in [3.05, 3.63) is 81.4 Å². The topological polar surface area (TPSA) is 108 Å². The second-order valence-electron chi connectivity index (χ2n) is 8.20. The molecular formula is C26H22N2O6S2. The Bertz CT molecular complexity index is 1880. The summed E-state index contributed by atoms with van der Waals surface area (Å²) >= 11 is 1.17. The van der Waals surface area contributed by atoms with Crippen LogP contribution in [0.3, 0.4) is 0 Å². The number of benzene rings is 3. The van der Waals surface area contributed by atoms with E-state index in [0.29, 0.717) is 40.2 Å². The van der Waals surface area contributed by atoms with Crippen LogP contribution >= 0.6 is 11.3 Å². The average molecular weight is 523 g/mol. The molecule has 0 aliphatic carbocycles. The molecule has 1 amide bonds. The van der Waals surface area contributed by atoms with Gasteiger partial charge in [-0.2, -0.15) is 4.99 Å². The Labute approximate surface area is 210 Å². The van der Waals surface area contributed by atoms with E-state index in [1.54, 1.807) is 22.8 Å². The van der Waals surface area contributed by atoms with Crippen LogP contribution in [-0.4, -0.2) is 38.4 Å². The van der Waals surface area contributed by atoms with Crippen molar-refractivity contribution in [2.45, 2.75) is 18.4 Å². The van der Waals surface area contributed by atoms with Crippen LogP contribution in [0.1, 0.15) is 17.3 Å². The number of amides is 1. The molecule has 36 heavy (non-hydrogen) atoms. The molecule has 0 saturated carbocycles. The van der Waals surface area contributed by atoms with Gasteiger partial charge in [0.25, 0.3) is 5.91 Å². The first-order chi connectivity index (χ1) is 17.3. The molecule has 0 unspecified atom stereocenters. The largest absolute Gasteiger partial charge is 0.422 e. The molecule has 0 saturated heterocycles. The van der Waals surface area contributed by atoms with E-state index in [1.165, 1.54) is 23.5 Å². The highest BCUT2D eigenvalue weighted by Crippen LogP contribution is 2.25. The Morgan fingerprint density at radius 1 is 1.08 bits per heavy atom. The second-order valence-corrected chi connectivity index (χ2v) is 11.2. The van der Waals surface area contributed by atoms with Gasteiger partial charge in [0.2, 0.25) is 0 Å². The van der Waals surface area contributed by atoms with Crippen LogP contribution in [0.5, 0.6) is 0 Å². The molecule has 0 bridgehead atoms. The van der Waals surface area contributed by atoms with Crippen LogP contribution in [0.4, 0.5) is 0 Å². The zero-order valence-corrected chi connectivity index (χ0v) is 21.2. The molecule has 0 radical (unpaired) electrons. The minimum Gasteiger partial charge on any atom is -0.422 e. The van der Waals surface area contributed by atoms with Gasteiger partial charge in [0.05, 0.1) is 21.7 Å². The van der Waals surface area contributed by atoms with Gasteiger partial charge >= 0.3 is 5.63 Å². The molecule has 8 nitrogen and oxygen atoms in total. The third-order valence-electron chi connectivity index (χ3n) is 5.82. The number of carbonyl (C=O) groups excluding carboxylic acids is 1. The van der Waals surface area contributed by atoms with E-state index in [1.807, 2.05) is 37.3 Å². The van der Waals surface area contributed by atoms with Crippen molar-refractivity contribution in [3.63, 3.8) is 0 Å². The Morgan fingerprint density at radius 2 is 1.89 bits per heavy atom. The smallest absolute Gasteiger partial charge is 0.349 e. The van der Waals surface area contributed by atoms with Gasteiger partial charge in [0, 0.05) is 24.8 Å². The van der Waals surface area contributed by atoms with E-state index in [4.69, 9.17) is 9.15 Å². The fourth-order valence-corrected chi connectivity index (χ4v) is 5.87. The molecule has 2 aromatic heterocycles. The molecule has 2 heterocycles. The number of aromatic nitrogens is 1. The summed E-state index contributed by atoms with van der Waals surface area (Å²) in [6.45, 7) is 3.18. The van der Waals surface area contributed by atoms with Crippen LogP contribution < -0.4 is 10.4 Å². The van der Waals surface area contributed by atoms with Gasteiger partial charge in [0.1, 0.15) is 11.1 Å². The summed E-state index contributed by atoms with van der Waals surface area (Å²) in [6.07, 6.45) is 1.14. The maximum atomic E-state index is 13.2. The van der Waals surface area contributed by atoms with Crippen molar-refractivity contribution in [2.24, 2.45) is 4.99 Å². The minimum absolute atomic E-state index is 0.174. The SMILES string of the molecule is CCOCCn1c(=NC(=O)c2cc3c(ccc4ccccc43)oc2=O)sc2cc(S(C)(=O)=O)ccc21. The van der Waals surface area contributed by atoms with Crippen LogP contribution in [0.2, 0.25) is 0 Å². The summed E-state index contributed by atoms with van der Waals surface area (Å²) in [7, 11) is -3.41. The summed E-state index contributed by atoms with van der Waals surface area (Å²) in [5.74, 6) is -0.737. The molecule has 5 rings (SSSR count). The van der Waals surface area contributed by atoms with Crippen molar-refractivity contribution in [1.29, 1.82) is 0 Å². The quantitative estimate of drug-likeness (QED) is 0.188. The number of thiazole rings is 1. The predicted octanol–water partition coefficient (Wildman–Crippen LogP) is 4.14. The van der Waals surface area contributed by atoms with E-state index >= 15 is 0 Å². The molecular weight excluding hydrogens is 500 g/mol. The van der Waals surface area contributed by atoms with E-state index in [0.717, 1.165) is 22.5 Å². The zero-order chi connectivity index (χ0) is 25.4. The van der Waals surface area contributed by atoms with E-state index in [9.17, 15) is 18.0 Å². The number of hydrogen-bond donors (Lipinski definition) is 0. The Balaban J connectivity index is 1.67. The fraction of sp³-hybridized carbons (Fsp3) is 0.192. The molecule has 10 heteroatoms. The highest BCUT2D eigenvalue weighted by molar-refractivity contribution is 7.90. The Kier molecular flexibility index (Phi) is 6.33. The first kappa shape index (κ1) is 24.1. The molecule has 0 aliphatic rings. The first-order valence-electron chi connectivity index (χ1n) is 11.2. The van der Waals surface area contributed by atoms with Gasteiger partial charge in [-0.15, -0.1) is 0 Å². The lowest BCUT2D eigenvalue weighted by molar-refractivity contribution is 0.0993. The average Bonchev–Trinajstić information content (AvgIpc) is 3.19. The number of hydrogen-bond acceptors (Lipinski definition) is 7. The molecule has 0 N–H and O–H groups in total. The Morgan fingerprint density at radius 3 is 2.67 bits per heavy atom. The zero-order valence-electron chi connectivity index (χ0n) is 19.6. The molecule has 184 valence electrons. The summed E-state index contributed by atoms with van der Waals surface area (Å²) in [5, 5.41) is 2.45. The van der Waals surface area contributed by atoms with Crippen molar-refractivity contribution in [1.82, 2.24) is 4.57 Å². The monoisotopic (exact) mass is 522 g/mol. The van der Waals surface area contributed by atoms with Gasteiger partial charge in [-0.1, -0.05) is 41.7 Å². The van der Waals surface area contributed by atoms with Crippen LogP contribution in [0, 0.1) is 0 Å². The standard InChI is InChI=1S/C26H22N2O6S2/c1-3-33-13-12-28-21-10-9-17(36(2,31)32)14-23(21)35-26(28)27-24(29)20-15-19-18-7-5-4-6-16(18)8-11-22(19)34-25(20)30/h4-11,14-15H,3,12-13H2,1-2H3. The van der Waals surface area contributed by atoms with Gasteiger partial charge in [-0.25, -0.2) is 13.2 Å². The lowest BCUT2D eigenvalue weighted by Gasteiger charge is -2.06. The lowest BCUT2D eigenvalue weighted by atomic mass is 10.0. The second kappa shape index (κ2) is 9.45. The normalized spacial score (nSPS) is 12.7. The molecule has 0 atom stereocenters. The van der Waals surface area contributed by atoms with Gasteiger partial charge < -0.3 is 13.7 Å². The third-order valence-corrected chi connectivity index (χ3v) is 7.97. The number of nitrogens with zero attached hydrogens (tertiary/aromatic N) is 2. The van der Waals surface area contributed by atoms with Crippen molar-refractivity contribution < 1.29 is 22.4 Å².